The third-order valence-corrected chi connectivity index (χ3v) is 6.64. The van der Waals surface area contributed by atoms with Gasteiger partial charge in [0.25, 0.3) is 5.56 Å². The fourth-order valence-corrected chi connectivity index (χ4v) is 5.09. The number of aryl methyl sites for hydroxylation is 3. The average Bonchev–Trinajstić information content (AvgIpc) is 3.15. The first kappa shape index (κ1) is 17.2. The van der Waals surface area contributed by atoms with Gasteiger partial charge in [0.15, 0.2) is 0 Å². The summed E-state index contributed by atoms with van der Waals surface area (Å²) in [7, 11) is 0. The van der Waals surface area contributed by atoms with Gasteiger partial charge < -0.3 is 10.1 Å². The Morgan fingerprint density at radius 2 is 2.00 bits per heavy atom. The van der Waals surface area contributed by atoms with E-state index in [1.165, 1.54) is 5.56 Å². The fourth-order valence-electron chi connectivity index (χ4n) is 4.14. The van der Waals surface area contributed by atoms with Crippen molar-refractivity contribution in [3.8, 4) is 0 Å². The number of nitrogens with one attached hydrogen (secondary N) is 1. The van der Waals surface area contributed by atoms with Gasteiger partial charge in [-0.05, 0) is 48.6 Å². The second-order valence-electron chi connectivity index (χ2n) is 7.47. The van der Waals surface area contributed by atoms with E-state index in [-0.39, 0.29) is 17.6 Å². The summed E-state index contributed by atoms with van der Waals surface area (Å²) >= 11 is 1.93. The molecular weight excluding hydrogens is 362 g/mol. The maximum atomic E-state index is 12.7. The molecule has 7 nitrogen and oxygen atoms in total. The van der Waals surface area contributed by atoms with Gasteiger partial charge in [-0.2, -0.15) is 22.0 Å². The summed E-state index contributed by atoms with van der Waals surface area (Å²) < 4.78 is 7.32. The molecule has 5 rings (SSSR count). The molecule has 0 radical (unpaired) electrons. The van der Waals surface area contributed by atoms with Gasteiger partial charge in [-0.15, -0.1) is 5.10 Å². The number of aromatic nitrogens is 4. The van der Waals surface area contributed by atoms with Crippen molar-refractivity contribution in [1.29, 1.82) is 0 Å². The number of hydrogen-bond donors (Lipinski definition) is 1. The van der Waals surface area contributed by atoms with Crippen molar-refractivity contribution in [3.63, 3.8) is 0 Å². The third-order valence-electron chi connectivity index (χ3n) is 5.63. The lowest BCUT2D eigenvalue weighted by atomic mass is 9.97. The molecule has 2 aliphatic heterocycles. The molecule has 0 bridgehead atoms. The lowest BCUT2D eigenvalue weighted by Gasteiger charge is -2.23. The minimum absolute atomic E-state index is 0.0362. The molecule has 4 heterocycles. The standard InChI is InChI=1S/C19H23N5O2S/c25-19-8-12-3-1-2-4-15(12)23-24(19)17-10-26-9-16(17)20-18-7-13-11-27-6-5-14(13)21-22-18/h7-8,16-17H,1-6,9-11H2,(H,20,22). The lowest BCUT2D eigenvalue weighted by molar-refractivity contribution is 0.182. The van der Waals surface area contributed by atoms with Crippen LogP contribution in [0, 0.1) is 0 Å². The van der Waals surface area contributed by atoms with Crippen LogP contribution < -0.4 is 10.9 Å². The van der Waals surface area contributed by atoms with Crippen molar-refractivity contribution >= 4 is 17.6 Å². The Balaban J connectivity index is 1.40. The van der Waals surface area contributed by atoms with Crippen molar-refractivity contribution in [3.05, 3.63) is 45.0 Å². The molecule has 2 aromatic heterocycles. The van der Waals surface area contributed by atoms with Crippen LogP contribution in [0.1, 0.15) is 41.4 Å². The monoisotopic (exact) mass is 385 g/mol. The predicted molar refractivity (Wildman–Crippen MR) is 104 cm³/mol. The highest BCUT2D eigenvalue weighted by Crippen LogP contribution is 2.26. The number of anilines is 1. The highest BCUT2D eigenvalue weighted by Gasteiger charge is 2.32. The number of fused-ring (bicyclic) bond motifs is 2. The molecule has 2 atom stereocenters. The van der Waals surface area contributed by atoms with Crippen LogP contribution in [0.15, 0.2) is 16.9 Å². The van der Waals surface area contributed by atoms with E-state index in [4.69, 9.17) is 9.84 Å². The molecule has 1 N–H and O–H groups in total. The molecule has 2 aromatic rings. The lowest BCUT2D eigenvalue weighted by Crippen LogP contribution is -2.38. The minimum Gasteiger partial charge on any atom is -0.377 e. The van der Waals surface area contributed by atoms with E-state index >= 15 is 0 Å². The maximum absolute atomic E-state index is 12.7. The van der Waals surface area contributed by atoms with E-state index in [1.54, 1.807) is 10.7 Å². The van der Waals surface area contributed by atoms with Gasteiger partial charge in [0, 0.05) is 18.2 Å². The largest absolute Gasteiger partial charge is 0.377 e. The van der Waals surface area contributed by atoms with Gasteiger partial charge in [-0.1, -0.05) is 0 Å². The summed E-state index contributed by atoms with van der Waals surface area (Å²) in [5.41, 5.74) is 4.50. The normalized spacial score (nSPS) is 24.3. The topological polar surface area (TPSA) is 81.9 Å². The zero-order valence-electron chi connectivity index (χ0n) is 15.2. The van der Waals surface area contributed by atoms with Crippen molar-refractivity contribution in [2.24, 2.45) is 0 Å². The molecule has 1 fully saturated rings. The Labute approximate surface area is 161 Å². The zero-order chi connectivity index (χ0) is 18.2. The summed E-state index contributed by atoms with van der Waals surface area (Å²) in [6.07, 6.45) is 5.18. The summed E-state index contributed by atoms with van der Waals surface area (Å²) in [5, 5.41) is 16.9. The number of hydrogen-bond acceptors (Lipinski definition) is 7. The maximum Gasteiger partial charge on any atom is 0.267 e. The molecule has 1 aliphatic carbocycles. The minimum atomic E-state index is -0.128. The Morgan fingerprint density at radius 1 is 1.07 bits per heavy atom. The van der Waals surface area contributed by atoms with Crippen molar-refractivity contribution in [2.45, 2.75) is 49.9 Å². The first-order valence-electron chi connectivity index (χ1n) is 9.67. The SMILES string of the molecule is O=c1cc2c(nn1C1COCC1Nc1cc3c(nn1)CCSC3)CCCC2. The van der Waals surface area contributed by atoms with Gasteiger partial charge in [-0.3, -0.25) is 4.79 Å². The van der Waals surface area contributed by atoms with E-state index in [1.807, 2.05) is 11.8 Å². The molecule has 0 amide bonds. The van der Waals surface area contributed by atoms with Crippen molar-refractivity contribution in [1.82, 2.24) is 20.0 Å². The quantitative estimate of drug-likeness (QED) is 0.862. The van der Waals surface area contributed by atoms with Crippen LogP contribution >= 0.6 is 11.8 Å². The van der Waals surface area contributed by atoms with Gasteiger partial charge in [0.05, 0.1) is 30.6 Å². The predicted octanol–water partition coefficient (Wildman–Crippen LogP) is 1.75. The van der Waals surface area contributed by atoms with Crippen LogP contribution in [-0.4, -0.2) is 45.0 Å². The Hall–Kier alpha value is -1.93. The molecular formula is C19H23N5O2S. The van der Waals surface area contributed by atoms with Gasteiger partial charge >= 0.3 is 0 Å². The average molecular weight is 385 g/mol. The fraction of sp³-hybridized carbons (Fsp3) is 0.579. The second-order valence-corrected chi connectivity index (χ2v) is 8.57. The highest BCUT2D eigenvalue weighted by atomic mass is 32.2. The molecule has 2 unspecified atom stereocenters. The van der Waals surface area contributed by atoms with E-state index < -0.39 is 0 Å². The zero-order valence-corrected chi connectivity index (χ0v) is 16.0. The Bertz CT molecular complexity index is 915. The van der Waals surface area contributed by atoms with E-state index in [0.29, 0.717) is 13.2 Å². The summed E-state index contributed by atoms with van der Waals surface area (Å²) in [4.78, 5) is 12.7. The Morgan fingerprint density at radius 3 is 2.96 bits per heavy atom. The summed E-state index contributed by atoms with van der Waals surface area (Å²) in [6, 6.07) is 3.69. The number of ether oxygens (including phenoxy) is 1. The van der Waals surface area contributed by atoms with Crippen LogP contribution in [-0.2, 0) is 29.8 Å². The third kappa shape index (κ3) is 3.36. The molecule has 8 heteroatoms. The second kappa shape index (κ2) is 7.24. The molecule has 142 valence electrons. The van der Waals surface area contributed by atoms with Crippen molar-refractivity contribution < 1.29 is 4.74 Å². The number of thioether (sulfide) groups is 1. The summed E-state index contributed by atoms with van der Waals surface area (Å²) in [5.74, 6) is 2.85. The highest BCUT2D eigenvalue weighted by molar-refractivity contribution is 7.98. The number of rotatable bonds is 3. The molecule has 0 spiro atoms. The molecule has 0 aromatic carbocycles. The van der Waals surface area contributed by atoms with Gasteiger partial charge in [0.1, 0.15) is 11.9 Å². The molecule has 0 saturated carbocycles. The van der Waals surface area contributed by atoms with E-state index in [2.05, 4.69) is 21.6 Å². The van der Waals surface area contributed by atoms with Gasteiger partial charge in [-0.25, -0.2) is 4.68 Å². The smallest absolute Gasteiger partial charge is 0.267 e. The van der Waals surface area contributed by atoms with Gasteiger partial charge in [0.2, 0.25) is 0 Å². The van der Waals surface area contributed by atoms with Crippen LogP contribution in [0.3, 0.4) is 0 Å². The molecule has 1 saturated heterocycles. The summed E-state index contributed by atoms with van der Waals surface area (Å²) in [6.45, 7) is 1.01. The van der Waals surface area contributed by atoms with Crippen LogP contribution in [0.5, 0.6) is 0 Å². The van der Waals surface area contributed by atoms with Crippen molar-refractivity contribution in [2.75, 3.05) is 24.3 Å². The van der Waals surface area contributed by atoms with E-state index in [9.17, 15) is 4.79 Å². The van der Waals surface area contributed by atoms with Crippen LogP contribution in [0.2, 0.25) is 0 Å². The first-order chi connectivity index (χ1) is 13.3. The van der Waals surface area contributed by atoms with Crippen LogP contribution in [0.25, 0.3) is 0 Å². The molecule has 3 aliphatic rings. The number of nitrogens with zero attached hydrogens (tertiary/aromatic N) is 4. The Kier molecular flexibility index (Phi) is 4.61. The molecule has 27 heavy (non-hydrogen) atoms. The van der Waals surface area contributed by atoms with Crippen LogP contribution in [0.4, 0.5) is 5.82 Å². The first-order valence-corrected chi connectivity index (χ1v) is 10.8. The van der Waals surface area contributed by atoms with E-state index in [0.717, 1.165) is 66.4 Å².